The molecule has 0 spiro atoms. The second-order valence-electron chi connectivity index (χ2n) is 2.54. The van der Waals surface area contributed by atoms with Gasteiger partial charge in [0.15, 0.2) is 0 Å². The van der Waals surface area contributed by atoms with Crippen LogP contribution in [0.5, 0.6) is 0 Å². The van der Waals surface area contributed by atoms with E-state index >= 15 is 0 Å². The van der Waals surface area contributed by atoms with E-state index in [1.165, 1.54) is 0 Å². The van der Waals surface area contributed by atoms with Gasteiger partial charge in [-0.25, -0.2) is 0 Å². The fourth-order valence-electron chi connectivity index (χ4n) is 1.09. The molecule has 4 atom stereocenters. The molecule has 74 valence electrons. The van der Waals surface area contributed by atoms with E-state index in [1.54, 1.807) is 6.92 Å². The van der Waals surface area contributed by atoms with Gasteiger partial charge in [0.2, 0.25) is 0 Å². The average molecular weight is 178 g/mol. The fraction of sp³-hybridized carbons (Fsp3) is 1.00. The Labute approximate surface area is 72.8 Å². The molecule has 0 aromatic rings. The highest BCUT2D eigenvalue weighted by molar-refractivity contribution is 4.87. The monoisotopic (exact) mass is 178 g/mol. The van der Waals surface area contributed by atoms with Crippen LogP contribution in [-0.2, 0) is 4.74 Å². The lowest BCUT2D eigenvalue weighted by atomic mass is 10.1. The van der Waals surface area contributed by atoms with Crippen molar-refractivity contribution in [1.82, 2.24) is 0 Å². The molecule has 0 saturated carbocycles. The van der Waals surface area contributed by atoms with Crippen LogP contribution >= 0.6 is 0 Å². The predicted molar refractivity (Wildman–Crippen MR) is 44.8 cm³/mol. The molecule has 0 aliphatic carbocycles. The third-order valence-corrected chi connectivity index (χ3v) is 1.78. The summed E-state index contributed by atoms with van der Waals surface area (Å²) < 4.78 is 4.98. The van der Waals surface area contributed by atoms with Crippen molar-refractivity contribution in [1.29, 1.82) is 0 Å². The molecule has 1 fully saturated rings. The van der Waals surface area contributed by atoms with Gasteiger partial charge in [-0.1, -0.05) is 13.8 Å². The maximum Gasteiger partial charge on any atom is 0.111 e. The molecule has 1 rings (SSSR count). The minimum atomic E-state index is -0.944. The Hall–Kier alpha value is -0.160. The number of aliphatic hydroxyl groups is 3. The maximum atomic E-state index is 9.09. The molecule has 3 N–H and O–H groups in total. The van der Waals surface area contributed by atoms with Crippen LogP contribution in [0.25, 0.3) is 0 Å². The summed E-state index contributed by atoms with van der Waals surface area (Å²) >= 11 is 0. The Morgan fingerprint density at radius 3 is 1.83 bits per heavy atom. The molecule has 1 saturated heterocycles. The third kappa shape index (κ3) is 2.42. The van der Waals surface area contributed by atoms with Crippen LogP contribution in [-0.4, -0.2) is 46.3 Å². The number of ether oxygens (including phenoxy) is 1. The Morgan fingerprint density at radius 1 is 1.17 bits per heavy atom. The Bertz CT molecular complexity index is 118. The normalized spacial score (nSPS) is 40.5. The topological polar surface area (TPSA) is 69.9 Å². The van der Waals surface area contributed by atoms with E-state index in [4.69, 9.17) is 20.1 Å². The van der Waals surface area contributed by atoms with Gasteiger partial charge in [-0.2, -0.15) is 0 Å². The average Bonchev–Trinajstić information content (AvgIpc) is 2.36. The molecule has 0 unspecified atom stereocenters. The molecule has 0 amide bonds. The molecule has 0 aromatic heterocycles. The van der Waals surface area contributed by atoms with Crippen LogP contribution in [0.2, 0.25) is 0 Å². The van der Waals surface area contributed by atoms with Crippen molar-refractivity contribution in [2.45, 2.75) is 45.2 Å². The summed E-state index contributed by atoms with van der Waals surface area (Å²) in [5.41, 5.74) is 0. The number of hydrogen-bond acceptors (Lipinski definition) is 4. The number of aliphatic hydroxyl groups excluding tert-OH is 3. The molecule has 4 nitrogen and oxygen atoms in total. The van der Waals surface area contributed by atoms with Gasteiger partial charge in [0.05, 0.1) is 12.7 Å². The van der Waals surface area contributed by atoms with Gasteiger partial charge in [-0.05, 0) is 6.92 Å². The quantitative estimate of drug-likeness (QED) is 0.507. The van der Waals surface area contributed by atoms with Gasteiger partial charge in [-0.3, -0.25) is 0 Å². The number of rotatable bonds is 1. The first-order valence-electron chi connectivity index (χ1n) is 4.29. The summed E-state index contributed by atoms with van der Waals surface area (Å²) in [5.74, 6) is 0. The maximum absolute atomic E-state index is 9.09. The van der Waals surface area contributed by atoms with E-state index in [-0.39, 0.29) is 12.7 Å². The van der Waals surface area contributed by atoms with Crippen LogP contribution in [0.4, 0.5) is 0 Å². The lowest BCUT2D eigenvalue weighted by molar-refractivity contribution is -0.0171. The van der Waals surface area contributed by atoms with Crippen LogP contribution in [0, 0.1) is 0 Å². The molecule has 1 heterocycles. The summed E-state index contributed by atoms with van der Waals surface area (Å²) in [5, 5.41) is 26.8. The highest BCUT2D eigenvalue weighted by atomic mass is 16.5. The van der Waals surface area contributed by atoms with Gasteiger partial charge >= 0.3 is 0 Å². The molecular weight excluding hydrogens is 160 g/mol. The molecule has 1 aliphatic heterocycles. The van der Waals surface area contributed by atoms with Gasteiger partial charge in [0.1, 0.15) is 18.3 Å². The smallest absolute Gasteiger partial charge is 0.111 e. The summed E-state index contributed by atoms with van der Waals surface area (Å²) in [4.78, 5) is 0. The Morgan fingerprint density at radius 2 is 1.67 bits per heavy atom. The largest absolute Gasteiger partial charge is 0.394 e. The highest BCUT2D eigenvalue weighted by Crippen LogP contribution is 2.19. The zero-order valence-electron chi connectivity index (χ0n) is 7.77. The van der Waals surface area contributed by atoms with Gasteiger partial charge in [0.25, 0.3) is 0 Å². The van der Waals surface area contributed by atoms with Crippen LogP contribution in [0.15, 0.2) is 0 Å². The second kappa shape index (κ2) is 5.48. The van der Waals surface area contributed by atoms with Crippen molar-refractivity contribution in [2.24, 2.45) is 0 Å². The minimum absolute atomic E-state index is 0.247. The van der Waals surface area contributed by atoms with Gasteiger partial charge < -0.3 is 20.1 Å². The molecule has 1 aliphatic rings. The summed E-state index contributed by atoms with van der Waals surface area (Å²) in [6, 6.07) is 0. The SMILES string of the molecule is CC.C[C@@H]1O[C@H](CO)[C@@H](O)[C@H]1O. The zero-order chi connectivity index (χ0) is 9.72. The Balaban J connectivity index is 0.000000561. The van der Waals surface area contributed by atoms with Crippen LogP contribution < -0.4 is 0 Å². The van der Waals surface area contributed by atoms with Crippen molar-refractivity contribution in [2.75, 3.05) is 6.61 Å². The standard InChI is InChI=1S/C6H12O4.C2H6/c1-3-5(8)6(9)4(2-7)10-3;1-2/h3-9H,2H2,1H3;1-2H3/t3-,4+,5-,6+;/m0./s1. The van der Waals surface area contributed by atoms with Gasteiger partial charge in [0, 0.05) is 0 Å². The van der Waals surface area contributed by atoms with E-state index < -0.39 is 18.3 Å². The van der Waals surface area contributed by atoms with E-state index in [9.17, 15) is 0 Å². The molecular formula is C8H18O4. The second-order valence-corrected chi connectivity index (χ2v) is 2.54. The molecule has 12 heavy (non-hydrogen) atoms. The molecule has 4 heteroatoms. The first-order valence-corrected chi connectivity index (χ1v) is 4.29. The van der Waals surface area contributed by atoms with Crippen molar-refractivity contribution in [3.05, 3.63) is 0 Å². The first-order chi connectivity index (χ1) is 5.66. The van der Waals surface area contributed by atoms with E-state index in [1.807, 2.05) is 13.8 Å². The highest BCUT2D eigenvalue weighted by Gasteiger charge is 2.39. The minimum Gasteiger partial charge on any atom is -0.394 e. The van der Waals surface area contributed by atoms with Crippen molar-refractivity contribution in [3.8, 4) is 0 Å². The lowest BCUT2D eigenvalue weighted by Crippen LogP contribution is -2.33. The molecule has 0 radical (unpaired) electrons. The fourth-order valence-corrected chi connectivity index (χ4v) is 1.09. The zero-order valence-corrected chi connectivity index (χ0v) is 7.77. The van der Waals surface area contributed by atoms with Crippen LogP contribution in [0.1, 0.15) is 20.8 Å². The third-order valence-electron chi connectivity index (χ3n) is 1.78. The predicted octanol–water partition coefficient (Wildman–Crippen LogP) is -0.486. The molecule has 0 aromatic carbocycles. The van der Waals surface area contributed by atoms with Crippen molar-refractivity contribution in [3.63, 3.8) is 0 Å². The first kappa shape index (κ1) is 11.8. The summed E-state index contributed by atoms with van der Waals surface area (Å²) in [6.45, 7) is 5.41. The van der Waals surface area contributed by atoms with Crippen LogP contribution in [0.3, 0.4) is 0 Å². The summed E-state index contributed by atoms with van der Waals surface area (Å²) in [6.07, 6.45) is -2.81. The van der Waals surface area contributed by atoms with Crippen molar-refractivity contribution >= 4 is 0 Å². The lowest BCUT2D eigenvalue weighted by Gasteiger charge is -2.10. The number of hydrogen-bond donors (Lipinski definition) is 3. The van der Waals surface area contributed by atoms with Crippen molar-refractivity contribution < 1.29 is 20.1 Å². The van der Waals surface area contributed by atoms with E-state index in [2.05, 4.69) is 0 Å². The van der Waals surface area contributed by atoms with E-state index in [0.29, 0.717) is 0 Å². The summed E-state index contributed by atoms with van der Waals surface area (Å²) in [7, 11) is 0. The van der Waals surface area contributed by atoms with Gasteiger partial charge in [-0.15, -0.1) is 0 Å². The van der Waals surface area contributed by atoms with E-state index in [0.717, 1.165) is 0 Å². The molecule has 0 bridgehead atoms. The Kier molecular flexibility index (Phi) is 5.41.